The molecule has 0 saturated heterocycles. The average Bonchev–Trinajstić information content (AvgIpc) is 2.26. The van der Waals surface area contributed by atoms with Crippen LogP contribution in [0, 0.1) is 5.82 Å². The fourth-order valence-corrected chi connectivity index (χ4v) is 1.49. The Morgan fingerprint density at radius 3 is 2.76 bits per heavy atom. The summed E-state index contributed by atoms with van der Waals surface area (Å²) in [5, 5.41) is 0. The van der Waals surface area contributed by atoms with Crippen molar-refractivity contribution in [2.45, 2.75) is 6.92 Å². The Morgan fingerprint density at radius 1 is 1.47 bits per heavy atom. The van der Waals surface area contributed by atoms with Crippen LogP contribution in [-0.2, 0) is 9.53 Å². The molecule has 0 aromatic heterocycles. The number of rotatable bonds is 4. The molecule has 0 unspecified atom stereocenters. The molecule has 0 N–H and O–H groups in total. The van der Waals surface area contributed by atoms with Gasteiger partial charge in [0.1, 0.15) is 5.82 Å². The second-order valence-corrected chi connectivity index (χ2v) is 3.66. The summed E-state index contributed by atoms with van der Waals surface area (Å²) in [7, 11) is 3.50. The van der Waals surface area contributed by atoms with Gasteiger partial charge >= 0.3 is 5.97 Å². The van der Waals surface area contributed by atoms with Crippen molar-refractivity contribution in [2.24, 2.45) is 0 Å². The molecule has 0 atom stereocenters. The summed E-state index contributed by atoms with van der Waals surface area (Å²) in [6, 6.07) is 4.73. The number of carbonyl (C=O) groups excluding carboxylic acids is 1. The molecule has 3 nitrogen and oxygen atoms in total. The number of hydrogen-bond acceptors (Lipinski definition) is 3. The van der Waals surface area contributed by atoms with Crippen molar-refractivity contribution < 1.29 is 13.9 Å². The highest BCUT2D eigenvalue weighted by atomic mass is 19.1. The molecular weight excluding hydrogens is 221 g/mol. The molecule has 0 amide bonds. The number of benzene rings is 1. The van der Waals surface area contributed by atoms with Crippen LogP contribution < -0.4 is 4.90 Å². The average molecular weight is 237 g/mol. The van der Waals surface area contributed by atoms with Gasteiger partial charge in [-0.1, -0.05) is 12.1 Å². The summed E-state index contributed by atoms with van der Waals surface area (Å²) >= 11 is 0. The summed E-state index contributed by atoms with van der Waals surface area (Å²) in [4.78, 5) is 12.8. The van der Waals surface area contributed by atoms with Crippen molar-refractivity contribution in [3.05, 3.63) is 35.7 Å². The summed E-state index contributed by atoms with van der Waals surface area (Å²) in [6.07, 6.45) is 2.85. The number of carbonyl (C=O) groups is 1. The number of esters is 1. The molecule has 0 saturated carbocycles. The predicted octanol–water partition coefficient (Wildman–Crippen LogP) is 2.47. The van der Waals surface area contributed by atoms with Crippen LogP contribution in [-0.4, -0.2) is 26.7 Å². The van der Waals surface area contributed by atoms with E-state index in [1.54, 1.807) is 44.1 Å². The van der Waals surface area contributed by atoms with Crippen LogP contribution in [0.3, 0.4) is 0 Å². The van der Waals surface area contributed by atoms with E-state index in [-0.39, 0.29) is 5.82 Å². The van der Waals surface area contributed by atoms with E-state index in [2.05, 4.69) is 0 Å². The molecule has 0 radical (unpaired) electrons. The van der Waals surface area contributed by atoms with Crippen LogP contribution in [0.25, 0.3) is 6.08 Å². The number of ether oxygens (including phenoxy) is 1. The van der Waals surface area contributed by atoms with Gasteiger partial charge < -0.3 is 9.64 Å². The summed E-state index contributed by atoms with van der Waals surface area (Å²) in [5.74, 6) is -0.748. The normalized spacial score (nSPS) is 10.6. The van der Waals surface area contributed by atoms with Gasteiger partial charge in [0.15, 0.2) is 0 Å². The number of hydrogen-bond donors (Lipinski definition) is 0. The Bertz CT molecular complexity index is 427. The van der Waals surface area contributed by atoms with Gasteiger partial charge in [0.05, 0.1) is 12.3 Å². The van der Waals surface area contributed by atoms with Crippen LogP contribution in [0.15, 0.2) is 24.3 Å². The predicted molar refractivity (Wildman–Crippen MR) is 66.4 cm³/mol. The third-order valence-corrected chi connectivity index (χ3v) is 2.15. The molecule has 1 aromatic rings. The van der Waals surface area contributed by atoms with E-state index in [1.165, 1.54) is 12.1 Å². The van der Waals surface area contributed by atoms with Crippen LogP contribution >= 0.6 is 0 Å². The molecule has 17 heavy (non-hydrogen) atoms. The first-order chi connectivity index (χ1) is 8.06. The Kier molecular flexibility index (Phi) is 4.69. The van der Waals surface area contributed by atoms with Crippen molar-refractivity contribution in [3.63, 3.8) is 0 Å². The SMILES string of the molecule is CCOC(=O)/C=C/c1cccc(F)c1N(C)C. The van der Waals surface area contributed by atoms with Crippen molar-refractivity contribution in [1.82, 2.24) is 0 Å². The number of para-hydroxylation sites is 1. The molecule has 1 rings (SSSR count). The molecule has 92 valence electrons. The largest absolute Gasteiger partial charge is 0.463 e. The maximum absolute atomic E-state index is 13.6. The summed E-state index contributed by atoms with van der Waals surface area (Å²) in [6.45, 7) is 2.06. The van der Waals surface area contributed by atoms with E-state index in [9.17, 15) is 9.18 Å². The number of halogens is 1. The van der Waals surface area contributed by atoms with Gasteiger partial charge in [-0.2, -0.15) is 0 Å². The lowest BCUT2D eigenvalue weighted by Gasteiger charge is -2.16. The summed E-state index contributed by atoms with van der Waals surface area (Å²) < 4.78 is 18.3. The highest BCUT2D eigenvalue weighted by molar-refractivity contribution is 5.88. The fraction of sp³-hybridized carbons (Fsp3) is 0.308. The second kappa shape index (κ2) is 6.03. The quantitative estimate of drug-likeness (QED) is 0.595. The number of anilines is 1. The second-order valence-electron chi connectivity index (χ2n) is 3.66. The first-order valence-electron chi connectivity index (χ1n) is 5.37. The van der Waals surface area contributed by atoms with E-state index < -0.39 is 5.97 Å². The van der Waals surface area contributed by atoms with Crippen molar-refractivity contribution in [2.75, 3.05) is 25.6 Å². The first-order valence-corrected chi connectivity index (χ1v) is 5.37. The monoisotopic (exact) mass is 237 g/mol. The standard InChI is InChI=1S/C13H16FNO2/c1-4-17-12(16)9-8-10-6-5-7-11(14)13(10)15(2)3/h5-9H,4H2,1-3H3/b9-8+. The van der Waals surface area contributed by atoms with Crippen molar-refractivity contribution in [3.8, 4) is 0 Å². The minimum atomic E-state index is -0.429. The van der Waals surface area contributed by atoms with Gasteiger partial charge in [-0.15, -0.1) is 0 Å². The zero-order valence-electron chi connectivity index (χ0n) is 10.2. The highest BCUT2D eigenvalue weighted by Crippen LogP contribution is 2.23. The Balaban J connectivity index is 2.98. The maximum atomic E-state index is 13.6. The molecule has 0 aliphatic rings. The van der Waals surface area contributed by atoms with E-state index in [4.69, 9.17) is 4.74 Å². The lowest BCUT2D eigenvalue weighted by atomic mass is 10.1. The third kappa shape index (κ3) is 3.59. The minimum absolute atomic E-state index is 0.319. The van der Waals surface area contributed by atoms with E-state index in [0.717, 1.165) is 0 Å². The lowest BCUT2D eigenvalue weighted by Crippen LogP contribution is -2.12. The van der Waals surface area contributed by atoms with Crippen LogP contribution in [0.2, 0.25) is 0 Å². The van der Waals surface area contributed by atoms with Gasteiger partial charge in [-0.3, -0.25) is 0 Å². The highest BCUT2D eigenvalue weighted by Gasteiger charge is 2.08. The summed E-state index contributed by atoms with van der Waals surface area (Å²) in [5.41, 5.74) is 1.09. The number of nitrogens with zero attached hydrogens (tertiary/aromatic N) is 1. The van der Waals surface area contributed by atoms with Gasteiger partial charge in [0.25, 0.3) is 0 Å². The molecule has 0 aliphatic heterocycles. The van der Waals surface area contributed by atoms with Crippen LogP contribution in [0.4, 0.5) is 10.1 Å². The van der Waals surface area contributed by atoms with Gasteiger partial charge in [-0.05, 0) is 19.1 Å². The molecular formula is C13H16FNO2. The topological polar surface area (TPSA) is 29.5 Å². The Labute approximate surface area is 100 Å². The molecule has 0 bridgehead atoms. The zero-order chi connectivity index (χ0) is 12.8. The molecule has 0 fully saturated rings. The lowest BCUT2D eigenvalue weighted by molar-refractivity contribution is -0.137. The van der Waals surface area contributed by atoms with Crippen molar-refractivity contribution >= 4 is 17.7 Å². The minimum Gasteiger partial charge on any atom is -0.463 e. The van der Waals surface area contributed by atoms with Crippen LogP contribution in [0.1, 0.15) is 12.5 Å². The molecule has 0 aliphatic carbocycles. The molecule has 0 heterocycles. The van der Waals surface area contributed by atoms with Gasteiger partial charge in [-0.25, -0.2) is 9.18 Å². The zero-order valence-corrected chi connectivity index (χ0v) is 10.2. The van der Waals surface area contributed by atoms with Gasteiger partial charge in [0.2, 0.25) is 0 Å². The van der Waals surface area contributed by atoms with Gasteiger partial charge in [0, 0.05) is 25.7 Å². The maximum Gasteiger partial charge on any atom is 0.330 e. The molecule has 0 spiro atoms. The smallest absolute Gasteiger partial charge is 0.330 e. The van der Waals surface area contributed by atoms with E-state index in [1.807, 2.05) is 0 Å². The van der Waals surface area contributed by atoms with Crippen LogP contribution in [0.5, 0.6) is 0 Å². The van der Waals surface area contributed by atoms with E-state index >= 15 is 0 Å². The molecule has 1 aromatic carbocycles. The first kappa shape index (κ1) is 13.2. The Hall–Kier alpha value is -1.84. The fourth-order valence-electron chi connectivity index (χ4n) is 1.49. The molecule has 4 heteroatoms. The van der Waals surface area contributed by atoms with E-state index in [0.29, 0.717) is 17.9 Å². The third-order valence-electron chi connectivity index (χ3n) is 2.15. The Morgan fingerprint density at radius 2 is 2.18 bits per heavy atom. The van der Waals surface area contributed by atoms with Crippen molar-refractivity contribution in [1.29, 1.82) is 0 Å².